The van der Waals surface area contributed by atoms with E-state index in [1.54, 1.807) is 11.3 Å². The normalized spacial score (nSPS) is 12.1. The number of carbonyl (C=O) groups excluding carboxylic acids is 1. The average Bonchev–Trinajstić information content (AvgIpc) is 3.02. The molecule has 1 heterocycles. The SMILES string of the molecule is CCOc1ccc2nc(SC(C)C(=O)OCc3ccccc3)sc2c1. The minimum Gasteiger partial charge on any atom is -0.494 e. The fraction of sp³-hybridized carbons (Fsp3) is 0.263. The molecule has 3 aromatic rings. The summed E-state index contributed by atoms with van der Waals surface area (Å²) in [6.07, 6.45) is 0. The first kappa shape index (κ1) is 17.8. The second-order valence-electron chi connectivity index (χ2n) is 5.40. The van der Waals surface area contributed by atoms with Crippen molar-refractivity contribution in [2.45, 2.75) is 30.0 Å². The highest BCUT2D eigenvalue weighted by molar-refractivity contribution is 8.02. The molecule has 0 aliphatic heterocycles. The van der Waals surface area contributed by atoms with Gasteiger partial charge in [0.1, 0.15) is 17.6 Å². The number of hydrogen-bond acceptors (Lipinski definition) is 6. The van der Waals surface area contributed by atoms with Gasteiger partial charge in [-0.15, -0.1) is 11.3 Å². The predicted octanol–water partition coefficient (Wildman–Crippen LogP) is 4.92. The second-order valence-corrected chi connectivity index (χ2v) is 8.01. The standard InChI is InChI=1S/C19H19NO3S2/c1-3-22-15-9-10-16-17(11-15)25-19(20-16)24-13(2)18(21)23-12-14-7-5-4-6-8-14/h4-11,13H,3,12H2,1-2H3. The maximum Gasteiger partial charge on any atom is 0.319 e. The molecular formula is C19H19NO3S2. The highest BCUT2D eigenvalue weighted by Gasteiger charge is 2.18. The third-order valence-corrected chi connectivity index (χ3v) is 5.68. The Labute approximate surface area is 155 Å². The minimum atomic E-state index is -0.310. The van der Waals surface area contributed by atoms with E-state index in [9.17, 15) is 4.79 Å². The van der Waals surface area contributed by atoms with Crippen molar-refractivity contribution in [1.29, 1.82) is 0 Å². The number of carbonyl (C=O) groups is 1. The maximum atomic E-state index is 12.2. The first-order valence-electron chi connectivity index (χ1n) is 8.06. The van der Waals surface area contributed by atoms with Gasteiger partial charge in [0.15, 0.2) is 4.34 Å². The lowest BCUT2D eigenvalue weighted by molar-refractivity contribution is -0.143. The van der Waals surface area contributed by atoms with E-state index in [1.807, 2.05) is 62.4 Å². The summed E-state index contributed by atoms with van der Waals surface area (Å²) >= 11 is 2.99. The minimum absolute atomic E-state index is 0.233. The number of ether oxygens (including phenoxy) is 2. The molecule has 2 aromatic carbocycles. The molecule has 1 aromatic heterocycles. The number of benzene rings is 2. The molecule has 0 saturated carbocycles. The number of thiazole rings is 1. The van der Waals surface area contributed by atoms with Gasteiger partial charge in [0.2, 0.25) is 0 Å². The van der Waals surface area contributed by atoms with Crippen LogP contribution in [0.2, 0.25) is 0 Å². The molecule has 0 aliphatic carbocycles. The van der Waals surface area contributed by atoms with E-state index in [0.717, 1.165) is 25.9 Å². The van der Waals surface area contributed by atoms with Gasteiger partial charge in [0.05, 0.1) is 16.8 Å². The van der Waals surface area contributed by atoms with Crippen LogP contribution in [0.4, 0.5) is 0 Å². The van der Waals surface area contributed by atoms with Gasteiger partial charge < -0.3 is 9.47 Å². The third-order valence-electron chi connectivity index (χ3n) is 3.48. The Balaban J connectivity index is 1.60. The highest BCUT2D eigenvalue weighted by Crippen LogP contribution is 2.34. The van der Waals surface area contributed by atoms with Crippen LogP contribution in [0.5, 0.6) is 5.75 Å². The topological polar surface area (TPSA) is 48.4 Å². The lowest BCUT2D eigenvalue weighted by Gasteiger charge is -2.09. The van der Waals surface area contributed by atoms with E-state index >= 15 is 0 Å². The van der Waals surface area contributed by atoms with Gasteiger partial charge in [0.25, 0.3) is 0 Å². The van der Waals surface area contributed by atoms with Crippen LogP contribution in [-0.4, -0.2) is 22.8 Å². The molecule has 0 amide bonds. The zero-order valence-electron chi connectivity index (χ0n) is 14.1. The van der Waals surface area contributed by atoms with Crippen LogP contribution in [0.1, 0.15) is 19.4 Å². The predicted molar refractivity (Wildman–Crippen MR) is 102 cm³/mol. The number of esters is 1. The summed E-state index contributed by atoms with van der Waals surface area (Å²) in [4.78, 5) is 16.8. The molecular weight excluding hydrogens is 354 g/mol. The van der Waals surface area contributed by atoms with Gasteiger partial charge in [-0.2, -0.15) is 0 Å². The fourth-order valence-corrected chi connectivity index (χ4v) is 4.47. The molecule has 1 unspecified atom stereocenters. The first-order chi connectivity index (χ1) is 12.2. The average molecular weight is 373 g/mol. The molecule has 0 spiro atoms. The molecule has 0 fully saturated rings. The van der Waals surface area contributed by atoms with Crippen molar-refractivity contribution in [3.63, 3.8) is 0 Å². The summed E-state index contributed by atoms with van der Waals surface area (Å²) in [6, 6.07) is 15.5. The van der Waals surface area contributed by atoms with Crippen molar-refractivity contribution >= 4 is 39.3 Å². The highest BCUT2D eigenvalue weighted by atomic mass is 32.2. The molecule has 0 aliphatic rings. The van der Waals surface area contributed by atoms with Crippen molar-refractivity contribution in [2.75, 3.05) is 6.61 Å². The first-order valence-corrected chi connectivity index (χ1v) is 9.76. The summed E-state index contributed by atoms with van der Waals surface area (Å²) < 4.78 is 12.8. The summed E-state index contributed by atoms with van der Waals surface area (Å²) in [7, 11) is 0. The molecule has 4 nitrogen and oxygen atoms in total. The number of hydrogen-bond donors (Lipinski definition) is 0. The Morgan fingerprint density at radius 2 is 2.04 bits per heavy atom. The molecule has 25 heavy (non-hydrogen) atoms. The number of aromatic nitrogens is 1. The van der Waals surface area contributed by atoms with Gasteiger partial charge >= 0.3 is 5.97 Å². The van der Waals surface area contributed by atoms with Gasteiger partial charge in [-0.1, -0.05) is 42.1 Å². The zero-order valence-corrected chi connectivity index (χ0v) is 15.7. The van der Waals surface area contributed by atoms with Crippen LogP contribution in [-0.2, 0) is 16.1 Å². The molecule has 130 valence electrons. The zero-order chi connectivity index (χ0) is 17.6. The molecule has 0 radical (unpaired) electrons. The van der Waals surface area contributed by atoms with Crippen LogP contribution in [0.15, 0.2) is 52.9 Å². The van der Waals surface area contributed by atoms with E-state index < -0.39 is 0 Å². The number of nitrogens with zero attached hydrogens (tertiary/aromatic N) is 1. The fourth-order valence-electron chi connectivity index (χ4n) is 2.24. The van der Waals surface area contributed by atoms with Crippen LogP contribution in [0.3, 0.4) is 0 Å². The van der Waals surface area contributed by atoms with E-state index in [4.69, 9.17) is 9.47 Å². The lowest BCUT2D eigenvalue weighted by Crippen LogP contribution is -2.16. The smallest absolute Gasteiger partial charge is 0.319 e. The van der Waals surface area contributed by atoms with Crippen molar-refractivity contribution in [2.24, 2.45) is 0 Å². The Morgan fingerprint density at radius 1 is 1.24 bits per heavy atom. The van der Waals surface area contributed by atoms with Crippen molar-refractivity contribution < 1.29 is 14.3 Å². The van der Waals surface area contributed by atoms with Crippen molar-refractivity contribution in [3.05, 3.63) is 54.1 Å². The van der Waals surface area contributed by atoms with Crippen molar-refractivity contribution in [3.8, 4) is 5.75 Å². The van der Waals surface area contributed by atoms with Crippen LogP contribution in [0.25, 0.3) is 10.2 Å². The molecule has 0 bridgehead atoms. The third kappa shape index (κ3) is 4.74. The molecule has 0 N–H and O–H groups in total. The number of rotatable bonds is 7. The molecule has 1 atom stereocenters. The second kappa shape index (κ2) is 8.36. The van der Waals surface area contributed by atoms with E-state index in [2.05, 4.69) is 4.98 Å². The quantitative estimate of drug-likeness (QED) is 0.435. The Kier molecular flexibility index (Phi) is 5.94. The molecule has 0 saturated heterocycles. The van der Waals surface area contributed by atoms with Gasteiger partial charge in [-0.3, -0.25) is 4.79 Å². The van der Waals surface area contributed by atoms with Crippen molar-refractivity contribution in [1.82, 2.24) is 4.98 Å². The Morgan fingerprint density at radius 3 is 2.80 bits per heavy atom. The monoisotopic (exact) mass is 373 g/mol. The molecule has 3 rings (SSSR count). The largest absolute Gasteiger partial charge is 0.494 e. The number of thioether (sulfide) groups is 1. The Bertz CT molecular complexity index is 848. The van der Waals surface area contributed by atoms with E-state index in [1.165, 1.54) is 11.8 Å². The van der Waals surface area contributed by atoms with Crippen LogP contribution < -0.4 is 4.74 Å². The Hall–Kier alpha value is -2.05. The van der Waals surface area contributed by atoms with E-state index in [-0.39, 0.29) is 11.2 Å². The summed E-state index contributed by atoms with van der Waals surface area (Å²) in [5, 5.41) is -0.310. The van der Waals surface area contributed by atoms with Crippen LogP contribution in [0, 0.1) is 0 Å². The lowest BCUT2D eigenvalue weighted by atomic mass is 10.2. The van der Waals surface area contributed by atoms with Crippen LogP contribution >= 0.6 is 23.1 Å². The van der Waals surface area contributed by atoms with Gasteiger partial charge in [-0.25, -0.2) is 4.98 Å². The number of fused-ring (bicyclic) bond motifs is 1. The molecule has 6 heteroatoms. The summed E-state index contributed by atoms with van der Waals surface area (Å²) in [5.74, 6) is 0.605. The summed E-state index contributed by atoms with van der Waals surface area (Å²) in [5.41, 5.74) is 1.90. The maximum absolute atomic E-state index is 12.2. The van der Waals surface area contributed by atoms with Gasteiger partial charge in [-0.05, 0) is 37.6 Å². The van der Waals surface area contributed by atoms with E-state index in [0.29, 0.717) is 13.2 Å². The summed E-state index contributed by atoms with van der Waals surface area (Å²) in [6.45, 7) is 4.73. The van der Waals surface area contributed by atoms with Gasteiger partial charge in [0, 0.05) is 0 Å².